The van der Waals surface area contributed by atoms with Crippen molar-refractivity contribution in [3.05, 3.63) is 29.6 Å². The Morgan fingerprint density at radius 2 is 2.29 bits per heavy atom. The van der Waals surface area contributed by atoms with Crippen LogP contribution >= 0.6 is 0 Å². The number of amides is 1. The van der Waals surface area contributed by atoms with Crippen LogP contribution in [0.5, 0.6) is 5.75 Å². The van der Waals surface area contributed by atoms with Gasteiger partial charge in [0, 0.05) is 12.0 Å². The van der Waals surface area contributed by atoms with E-state index in [4.69, 9.17) is 10.5 Å². The van der Waals surface area contributed by atoms with E-state index >= 15 is 0 Å². The van der Waals surface area contributed by atoms with Crippen LogP contribution in [0.1, 0.15) is 30.7 Å². The minimum absolute atomic E-state index is 0.0156. The zero-order valence-corrected chi connectivity index (χ0v) is 9.78. The monoisotopic (exact) mass is 237 g/mol. The number of hydrogen-bond acceptors (Lipinski definition) is 2. The lowest BCUT2D eigenvalue weighted by Gasteiger charge is -2.18. The minimum atomic E-state index is -0.354. The topological polar surface area (TPSA) is 52.3 Å². The number of halogens is 1. The van der Waals surface area contributed by atoms with Gasteiger partial charge in [-0.3, -0.25) is 4.79 Å². The lowest BCUT2D eigenvalue weighted by molar-refractivity contribution is -0.118. The maximum atomic E-state index is 13.3. The molecule has 2 rings (SSSR count). The molecule has 1 aliphatic carbocycles. The van der Waals surface area contributed by atoms with E-state index < -0.39 is 0 Å². The van der Waals surface area contributed by atoms with Gasteiger partial charge >= 0.3 is 0 Å². The second kappa shape index (κ2) is 4.73. The third-order valence-electron chi connectivity index (χ3n) is 3.20. The van der Waals surface area contributed by atoms with E-state index in [2.05, 4.69) is 0 Å². The van der Waals surface area contributed by atoms with Crippen molar-refractivity contribution >= 4 is 5.91 Å². The number of carbonyl (C=O) groups is 1. The molecule has 1 aromatic rings. The molecule has 1 fully saturated rings. The average molecular weight is 237 g/mol. The summed E-state index contributed by atoms with van der Waals surface area (Å²) in [5, 5.41) is 0. The maximum absolute atomic E-state index is 13.3. The molecule has 1 aliphatic rings. The molecule has 17 heavy (non-hydrogen) atoms. The molecule has 0 aliphatic heterocycles. The van der Waals surface area contributed by atoms with Gasteiger partial charge in [-0.05, 0) is 42.9 Å². The molecular formula is C13H16FNO2. The Labute approximate surface area is 99.8 Å². The molecule has 0 bridgehead atoms. The molecule has 1 amide bonds. The van der Waals surface area contributed by atoms with Gasteiger partial charge in [-0.2, -0.15) is 0 Å². The van der Waals surface area contributed by atoms with Gasteiger partial charge in [-0.1, -0.05) is 0 Å². The first-order valence-electron chi connectivity index (χ1n) is 5.73. The summed E-state index contributed by atoms with van der Waals surface area (Å²) in [6.07, 6.45) is 2.39. The fourth-order valence-corrected chi connectivity index (χ4v) is 2.24. The molecule has 1 atom stereocenters. The van der Waals surface area contributed by atoms with Gasteiger partial charge in [0.2, 0.25) is 5.91 Å². The Morgan fingerprint density at radius 3 is 2.82 bits per heavy atom. The van der Waals surface area contributed by atoms with Crippen LogP contribution < -0.4 is 10.5 Å². The lowest BCUT2D eigenvalue weighted by Crippen LogP contribution is -2.17. The van der Waals surface area contributed by atoms with Crippen molar-refractivity contribution in [2.45, 2.75) is 25.2 Å². The van der Waals surface area contributed by atoms with Gasteiger partial charge in [0.25, 0.3) is 0 Å². The van der Waals surface area contributed by atoms with Crippen LogP contribution in [0.3, 0.4) is 0 Å². The van der Waals surface area contributed by atoms with E-state index in [1.54, 1.807) is 13.2 Å². The quantitative estimate of drug-likeness (QED) is 0.853. The summed E-state index contributed by atoms with van der Waals surface area (Å²) in [6.45, 7) is 0. The molecule has 1 unspecified atom stereocenters. The number of primary amides is 1. The minimum Gasteiger partial charge on any atom is -0.496 e. The standard InChI is InChI=1S/C13H16FNO2/c1-17-12-5-4-9(14)6-11(12)10(7-13(15)16)8-2-3-8/h4-6,8,10H,2-3,7H2,1H3,(H2,15,16). The van der Waals surface area contributed by atoms with E-state index in [9.17, 15) is 9.18 Å². The summed E-state index contributed by atoms with van der Waals surface area (Å²) in [5.41, 5.74) is 6.01. The predicted octanol–water partition coefficient (Wildman–Crippen LogP) is 2.20. The van der Waals surface area contributed by atoms with Gasteiger partial charge in [0.15, 0.2) is 0 Å². The molecule has 1 aromatic carbocycles. The van der Waals surface area contributed by atoms with Gasteiger partial charge in [-0.25, -0.2) is 4.39 Å². The van der Waals surface area contributed by atoms with E-state index in [-0.39, 0.29) is 24.1 Å². The molecule has 0 radical (unpaired) electrons. The summed E-state index contributed by atoms with van der Waals surface area (Å²) in [4.78, 5) is 11.1. The Bertz CT molecular complexity index is 429. The molecule has 3 nitrogen and oxygen atoms in total. The number of carbonyl (C=O) groups excluding carboxylic acids is 1. The van der Waals surface area contributed by atoms with Gasteiger partial charge < -0.3 is 10.5 Å². The van der Waals surface area contributed by atoms with E-state index in [1.165, 1.54) is 12.1 Å². The van der Waals surface area contributed by atoms with Crippen LogP contribution in [0.2, 0.25) is 0 Å². The summed E-state index contributed by atoms with van der Waals surface area (Å²) in [6, 6.07) is 4.41. The zero-order valence-electron chi connectivity index (χ0n) is 9.78. The molecular weight excluding hydrogens is 221 g/mol. The molecule has 2 N–H and O–H groups in total. The predicted molar refractivity (Wildman–Crippen MR) is 62.2 cm³/mol. The van der Waals surface area contributed by atoms with Crippen molar-refractivity contribution in [2.24, 2.45) is 11.7 Å². The van der Waals surface area contributed by atoms with Crippen molar-refractivity contribution in [3.63, 3.8) is 0 Å². The summed E-state index contributed by atoms with van der Waals surface area (Å²) >= 11 is 0. The third kappa shape index (κ3) is 2.75. The highest BCUT2D eigenvalue weighted by Crippen LogP contribution is 2.46. The first-order valence-corrected chi connectivity index (χ1v) is 5.73. The van der Waals surface area contributed by atoms with Crippen LogP contribution in [-0.4, -0.2) is 13.0 Å². The molecule has 4 heteroatoms. The highest BCUT2D eigenvalue weighted by molar-refractivity contribution is 5.75. The lowest BCUT2D eigenvalue weighted by atomic mass is 9.90. The van der Waals surface area contributed by atoms with Crippen LogP contribution in [0, 0.1) is 11.7 Å². The molecule has 0 spiro atoms. The van der Waals surface area contributed by atoms with Crippen molar-refractivity contribution in [3.8, 4) is 5.75 Å². The largest absolute Gasteiger partial charge is 0.496 e. The van der Waals surface area contributed by atoms with Gasteiger partial charge in [0.1, 0.15) is 11.6 Å². The molecule has 92 valence electrons. The Balaban J connectivity index is 2.33. The Hall–Kier alpha value is -1.58. The number of benzene rings is 1. The highest BCUT2D eigenvalue weighted by atomic mass is 19.1. The van der Waals surface area contributed by atoms with Crippen molar-refractivity contribution in [2.75, 3.05) is 7.11 Å². The average Bonchev–Trinajstić information content (AvgIpc) is 3.09. The molecule has 0 saturated heterocycles. The fraction of sp³-hybridized carbons (Fsp3) is 0.462. The van der Waals surface area contributed by atoms with Crippen molar-refractivity contribution in [1.82, 2.24) is 0 Å². The van der Waals surface area contributed by atoms with Crippen molar-refractivity contribution < 1.29 is 13.9 Å². The molecule has 0 aromatic heterocycles. The maximum Gasteiger partial charge on any atom is 0.218 e. The number of ether oxygens (including phenoxy) is 1. The first kappa shape index (κ1) is 11.9. The highest BCUT2D eigenvalue weighted by Gasteiger charge is 2.35. The summed E-state index contributed by atoms with van der Waals surface area (Å²) in [7, 11) is 1.55. The number of nitrogens with two attached hydrogens (primary N) is 1. The van der Waals surface area contributed by atoms with Gasteiger partial charge in [0.05, 0.1) is 7.11 Å². The van der Waals surface area contributed by atoms with E-state index in [0.29, 0.717) is 11.7 Å². The SMILES string of the molecule is COc1ccc(F)cc1C(CC(N)=O)C1CC1. The molecule has 1 saturated carbocycles. The van der Waals surface area contributed by atoms with E-state index in [1.807, 2.05) is 0 Å². The first-order chi connectivity index (χ1) is 8.11. The second-order valence-corrected chi connectivity index (χ2v) is 4.50. The molecule has 0 heterocycles. The van der Waals surface area contributed by atoms with Gasteiger partial charge in [-0.15, -0.1) is 0 Å². The normalized spacial score (nSPS) is 16.6. The second-order valence-electron chi connectivity index (χ2n) is 4.50. The smallest absolute Gasteiger partial charge is 0.218 e. The van der Waals surface area contributed by atoms with Crippen LogP contribution in [0.15, 0.2) is 18.2 Å². The fourth-order valence-electron chi connectivity index (χ4n) is 2.24. The third-order valence-corrected chi connectivity index (χ3v) is 3.20. The Morgan fingerprint density at radius 1 is 1.59 bits per heavy atom. The van der Waals surface area contributed by atoms with E-state index in [0.717, 1.165) is 18.4 Å². The summed E-state index contributed by atoms with van der Waals surface area (Å²) in [5.74, 6) is 0.380. The number of methoxy groups -OCH3 is 1. The Kier molecular flexibility index (Phi) is 3.31. The van der Waals surface area contributed by atoms with Crippen LogP contribution in [0.4, 0.5) is 4.39 Å². The van der Waals surface area contributed by atoms with Crippen LogP contribution in [0.25, 0.3) is 0 Å². The summed E-state index contributed by atoms with van der Waals surface area (Å²) < 4.78 is 18.5. The number of hydrogen-bond donors (Lipinski definition) is 1. The zero-order chi connectivity index (χ0) is 12.4. The number of rotatable bonds is 5. The van der Waals surface area contributed by atoms with Crippen molar-refractivity contribution in [1.29, 1.82) is 0 Å². The van der Waals surface area contributed by atoms with Crippen LogP contribution in [-0.2, 0) is 4.79 Å².